The number of halogens is 2. The molecule has 0 saturated heterocycles. The molecule has 1 amide bonds. The Kier molecular flexibility index (Phi) is 3.69. The van der Waals surface area contributed by atoms with Crippen molar-refractivity contribution in [2.45, 2.75) is 13.3 Å². The Labute approximate surface area is 114 Å². The molecular weight excluding hydrogens is 266 g/mol. The lowest BCUT2D eigenvalue weighted by Crippen LogP contribution is -2.15. The largest absolute Gasteiger partial charge is 0.397 e. The van der Waals surface area contributed by atoms with Gasteiger partial charge in [-0.1, -0.05) is 6.92 Å². The number of aromatic nitrogens is 2. The Morgan fingerprint density at radius 1 is 1.45 bits per heavy atom. The summed E-state index contributed by atoms with van der Waals surface area (Å²) >= 11 is 0. The second kappa shape index (κ2) is 5.28. The van der Waals surface area contributed by atoms with Gasteiger partial charge < -0.3 is 11.1 Å². The number of anilines is 2. The van der Waals surface area contributed by atoms with E-state index in [4.69, 9.17) is 5.73 Å². The number of hydrogen-bond acceptors (Lipinski definition) is 3. The van der Waals surface area contributed by atoms with Crippen LogP contribution in [0.25, 0.3) is 0 Å². The fraction of sp³-hybridized carbons (Fsp3) is 0.231. The molecule has 1 aromatic heterocycles. The minimum atomic E-state index is -0.919. The van der Waals surface area contributed by atoms with E-state index in [1.165, 1.54) is 10.9 Å². The van der Waals surface area contributed by atoms with E-state index in [-0.39, 0.29) is 11.4 Å². The Morgan fingerprint density at radius 2 is 2.15 bits per heavy atom. The SMILES string of the molecule is CCc1nn(C)cc1C(=O)Nc1c(N)cc(F)cc1F. The van der Waals surface area contributed by atoms with Crippen LogP contribution in [0.3, 0.4) is 0 Å². The van der Waals surface area contributed by atoms with Crippen molar-refractivity contribution in [1.29, 1.82) is 0 Å². The molecule has 5 nitrogen and oxygen atoms in total. The number of nitrogens with two attached hydrogens (primary N) is 1. The fourth-order valence-electron chi connectivity index (χ4n) is 1.89. The van der Waals surface area contributed by atoms with Crippen molar-refractivity contribution in [2.75, 3.05) is 11.1 Å². The average molecular weight is 280 g/mol. The van der Waals surface area contributed by atoms with Crippen molar-refractivity contribution >= 4 is 17.3 Å². The van der Waals surface area contributed by atoms with Gasteiger partial charge in [-0.3, -0.25) is 9.48 Å². The van der Waals surface area contributed by atoms with Gasteiger partial charge in [-0.2, -0.15) is 5.10 Å². The third-order valence-corrected chi connectivity index (χ3v) is 2.81. The number of carbonyl (C=O) groups is 1. The van der Waals surface area contributed by atoms with Crippen LogP contribution >= 0.6 is 0 Å². The fourth-order valence-corrected chi connectivity index (χ4v) is 1.89. The van der Waals surface area contributed by atoms with Crippen LogP contribution in [0.15, 0.2) is 18.3 Å². The monoisotopic (exact) mass is 280 g/mol. The zero-order valence-corrected chi connectivity index (χ0v) is 11.1. The van der Waals surface area contributed by atoms with Gasteiger partial charge in [-0.05, 0) is 12.5 Å². The maximum atomic E-state index is 13.6. The Hall–Kier alpha value is -2.44. The van der Waals surface area contributed by atoms with Gasteiger partial charge in [0.2, 0.25) is 0 Å². The minimum Gasteiger partial charge on any atom is -0.397 e. The molecule has 3 N–H and O–H groups in total. The molecule has 1 aromatic carbocycles. The highest BCUT2D eigenvalue weighted by atomic mass is 19.1. The lowest BCUT2D eigenvalue weighted by Gasteiger charge is -2.09. The molecule has 0 bridgehead atoms. The van der Waals surface area contributed by atoms with Crippen LogP contribution in [-0.4, -0.2) is 15.7 Å². The first-order chi connectivity index (χ1) is 9.42. The second-order valence-electron chi connectivity index (χ2n) is 4.32. The average Bonchev–Trinajstić information content (AvgIpc) is 2.75. The molecule has 0 unspecified atom stereocenters. The van der Waals surface area contributed by atoms with Gasteiger partial charge in [0.15, 0.2) is 5.82 Å². The summed E-state index contributed by atoms with van der Waals surface area (Å²) in [5.41, 5.74) is 6.03. The molecule has 2 rings (SSSR count). The van der Waals surface area contributed by atoms with Crippen molar-refractivity contribution in [3.8, 4) is 0 Å². The summed E-state index contributed by atoms with van der Waals surface area (Å²) in [7, 11) is 1.68. The summed E-state index contributed by atoms with van der Waals surface area (Å²) in [5.74, 6) is -2.25. The first kappa shape index (κ1) is 14.0. The highest BCUT2D eigenvalue weighted by molar-refractivity contribution is 6.06. The van der Waals surface area contributed by atoms with Gasteiger partial charge in [-0.25, -0.2) is 8.78 Å². The number of nitrogens with zero attached hydrogens (tertiary/aromatic N) is 2. The third-order valence-electron chi connectivity index (χ3n) is 2.81. The summed E-state index contributed by atoms with van der Waals surface area (Å²) in [6.07, 6.45) is 2.09. The van der Waals surface area contributed by atoms with E-state index in [2.05, 4.69) is 10.4 Å². The van der Waals surface area contributed by atoms with E-state index in [1.54, 1.807) is 7.05 Å². The first-order valence-corrected chi connectivity index (χ1v) is 6.00. The molecule has 0 fully saturated rings. The van der Waals surface area contributed by atoms with Crippen LogP contribution in [0.4, 0.5) is 20.2 Å². The number of rotatable bonds is 3. The molecule has 0 aliphatic rings. The maximum Gasteiger partial charge on any atom is 0.259 e. The van der Waals surface area contributed by atoms with E-state index in [0.29, 0.717) is 23.7 Å². The summed E-state index contributed by atoms with van der Waals surface area (Å²) in [5, 5.41) is 6.47. The zero-order valence-electron chi connectivity index (χ0n) is 11.1. The Morgan fingerprint density at radius 3 is 2.75 bits per heavy atom. The number of benzene rings is 1. The number of nitrogen functional groups attached to an aromatic ring is 1. The predicted molar refractivity (Wildman–Crippen MR) is 71.3 cm³/mol. The minimum absolute atomic E-state index is 0.169. The van der Waals surface area contributed by atoms with Crippen LogP contribution in [0.5, 0.6) is 0 Å². The van der Waals surface area contributed by atoms with Crippen LogP contribution < -0.4 is 11.1 Å². The molecule has 0 aliphatic carbocycles. The molecule has 1 heterocycles. The van der Waals surface area contributed by atoms with Crippen LogP contribution in [0, 0.1) is 11.6 Å². The molecule has 0 radical (unpaired) electrons. The lowest BCUT2D eigenvalue weighted by atomic mass is 10.2. The summed E-state index contributed by atoms with van der Waals surface area (Å²) in [6.45, 7) is 1.85. The molecule has 0 atom stereocenters. The quantitative estimate of drug-likeness (QED) is 0.846. The molecule has 106 valence electrons. The number of carbonyl (C=O) groups excluding carboxylic acids is 1. The Bertz CT molecular complexity index is 643. The van der Waals surface area contributed by atoms with Crippen molar-refractivity contribution in [2.24, 2.45) is 7.05 Å². The van der Waals surface area contributed by atoms with Gasteiger partial charge >= 0.3 is 0 Å². The van der Waals surface area contributed by atoms with E-state index in [1.807, 2.05) is 6.92 Å². The van der Waals surface area contributed by atoms with E-state index >= 15 is 0 Å². The molecule has 20 heavy (non-hydrogen) atoms. The predicted octanol–water partition coefficient (Wildman–Crippen LogP) is 2.10. The number of nitrogens with one attached hydrogen (secondary N) is 1. The first-order valence-electron chi connectivity index (χ1n) is 6.00. The summed E-state index contributed by atoms with van der Waals surface area (Å²) in [4.78, 5) is 12.1. The van der Waals surface area contributed by atoms with E-state index in [9.17, 15) is 13.6 Å². The smallest absolute Gasteiger partial charge is 0.259 e. The van der Waals surface area contributed by atoms with Gasteiger partial charge in [0, 0.05) is 19.3 Å². The van der Waals surface area contributed by atoms with E-state index < -0.39 is 17.5 Å². The Balaban J connectivity index is 2.32. The molecule has 0 saturated carbocycles. The van der Waals surface area contributed by atoms with Crippen molar-refractivity contribution in [3.05, 3.63) is 41.2 Å². The molecule has 7 heteroatoms. The maximum absolute atomic E-state index is 13.6. The number of aryl methyl sites for hydroxylation is 2. The number of hydrogen-bond donors (Lipinski definition) is 2. The lowest BCUT2D eigenvalue weighted by molar-refractivity contribution is 0.102. The number of amides is 1. The van der Waals surface area contributed by atoms with Gasteiger partial charge in [0.25, 0.3) is 5.91 Å². The van der Waals surface area contributed by atoms with Crippen LogP contribution in [-0.2, 0) is 13.5 Å². The second-order valence-corrected chi connectivity index (χ2v) is 4.32. The molecule has 0 aliphatic heterocycles. The highest BCUT2D eigenvalue weighted by Gasteiger charge is 2.18. The van der Waals surface area contributed by atoms with Crippen molar-refractivity contribution in [3.63, 3.8) is 0 Å². The third kappa shape index (κ3) is 2.61. The van der Waals surface area contributed by atoms with Gasteiger partial charge in [0.05, 0.1) is 16.9 Å². The van der Waals surface area contributed by atoms with Crippen LogP contribution in [0.1, 0.15) is 23.0 Å². The van der Waals surface area contributed by atoms with Crippen molar-refractivity contribution < 1.29 is 13.6 Å². The highest BCUT2D eigenvalue weighted by Crippen LogP contribution is 2.24. The molecular formula is C13H14F2N4O. The van der Waals surface area contributed by atoms with Crippen molar-refractivity contribution in [1.82, 2.24) is 9.78 Å². The molecule has 2 aromatic rings. The topological polar surface area (TPSA) is 72.9 Å². The standard InChI is InChI=1S/C13H14F2N4O/c1-3-11-8(6-19(2)18-11)13(20)17-12-9(15)4-7(14)5-10(12)16/h4-6H,3,16H2,1-2H3,(H,17,20). The summed E-state index contributed by atoms with van der Waals surface area (Å²) in [6, 6.07) is 1.61. The summed E-state index contributed by atoms with van der Waals surface area (Å²) < 4.78 is 28.1. The van der Waals surface area contributed by atoms with Gasteiger partial charge in [0.1, 0.15) is 11.5 Å². The van der Waals surface area contributed by atoms with Crippen LogP contribution in [0.2, 0.25) is 0 Å². The van der Waals surface area contributed by atoms with E-state index in [0.717, 1.165) is 6.07 Å². The molecule has 0 spiro atoms. The van der Waals surface area contributed by atoms with Gasteiger partial charge in [-0.15, -0.1) is 0 Å². The normalized spacial score (nSPS) is 10.6. The zero-order chi connectivity index (χ0) is 14.9.